The molecular formula is C20H24FN3O2S. The van der Waals surface area contributed by atoms with Crippen molar-refractivity contribution in [1.82, 2.24) is 10.2 Å². The van der Waals surface area contributed by atoms with E-state index in [1.54, 1.807) is 19.2 Å². The van der Waals surface area contributed by atoms with Gasteiger partial charge in [-0.3, -0.25) is 4.90 Å². The van der Waals surface area contributed by atoms with Gasteiger partial charge in [-0.05, 0) is 42.0 Å². The van der Waals surface area contributed by atoms with Crippen molar-refractivity contribution in [2.24, 2.45) is 0 Å². The zero-order valence-corrected chi connectivity index (χ0v) is 16.1. The van der Waals surface area contributed by atoms with Gasteiger partial charge in [-0.15, -0.1) is 0 Å². The minimum atomic E-state index is -0.233. The van der Waals surface area contributed by atoms with Crippen molar-refractivity contribution in [1.29, 1.82) is 0 Å². The summed E-state index contributed by atoms with van der Waals surface area (Å²) >= 11 is 5.43. The fraction of sp³-hybridized carbons (Fsp3) is 0.350. The van der Waals surface area contributed by atoms with Crippen LogP contribution in [0.3, 0.4) is 0 Å². The maximum Gasteiger partial charge on any atom is 0.170 e. The molecular weight excluding hydrogens is 365 g/mol. The summed E-state index contributed by atoms with van der Waals surface area (Å²) in [5.41, 5.74) is 1.77. The summed E-state index contributed by atoms with van der Waals surface area (Å²) in [6, 6.07) is 14.3. The van der Waals surface area contributed by atoms with E-state index in [1.807, 2.05) is 30.3 Å². The smallest absolute Gasteiger partial charge is 0.170 e. The second-order valence-corrected chi connectivity index (χ2v) is 6.69. The van der Waals surface area contributed by atoms with Gasteiger partial charge in [-0.25, -0.2) is 4.39 Å². The van der Waals surface area contributed by atoms with E-state index in [1.165, 1.54) is 6.07 Å². The second kappa shape index (κ2) is 9.64. The molecule has 0 amide bonds. The molecule has 0 saturated carbocycles. The van der Waals surface area contributed by atoms with Crippen LogP contribution in [0.1, 0.15) is 11.6 Å². The Bertz CT molecular complexity index is 768. The van der Waals surface area contributed by atoms with Crippen LogP contribution in [0.4, 0.5) is 10.1 Å². The van der Waals surface area contributed by atoms with E-state index in [4.69, 9.17) is 21.7 Å². The zero-order chi connectivity index (χ0) is 19.1. The summed E-state index contributed by atoms with van der Waals surface area (Å²) in [6.07, 6.45) is 0. The van der Waals surface area contributed by atoms with Gasteiger partial charge in [0, 0.05) is 31.4 Å². The topological polar surface area (TPSA) is 45.8 Å². The Hall–Kier alpha value is -2.22. The number of halogens is 1. The summed E-state index contributed by atoms with van der Waals surface area (Å²) in [7, 11) is 1.63. The van der Waals surface area contributed by atoms with Gasteiger partial charge >= 0.3 is 0 Å². The first-order valence-electron chi connectivity index (χ1n) is 8.92. The molecule has 2 aromatic rings. The van der Waals surface area contributed by atoms with E-state index in [0.29, 0.717) is 24.9 Å². The molecule has 1 aliphatic rings. The molecule has 7 heteroatoms. The molecule has 1 saturated heterocycles. The van der Waals surface area contributed by atoms with Crippen LogP contribution in [0.25, 0.3) is 0 Å². The first-order chi connectivity index (χ1) is 13.2. The van der Waals surface area contributed by atoms with Gasteiger partial charge < -0.3 is 20.1 Å². The predicted molar refractivity (Wildman–Crippen MR) is 109 cm³/mol. The summed E-state index contributed by atoms with van der Waals surface area (Å²) in [6.45, 7) is 3.54. The van der Waals surface area contributed by atoms with E-state index in [0.717, 1.165) is 30.1 Å². The van der Waals surface area contributed by atoms with Crippen molar-refractivity contribution in [3.05, 3.63) is 59.9 Å². The van der Waals surface area contributed by atoms with Crippen molar-refractivity contribution >= 4 is 23.0 Å². The number of benzene rings is 2. The maximum atomic E-state index is 13.7. The molecule has 2 aromatic carbocycles. The van der Waals surface area contributed by atoms with E-state index >= 15 is 0 Å². The third-order valence-corrected chi connectivity index (χ3v) is 4.75. The lowest BCUT2D eigenvalue weighted by Gasteiger charge is -2.35. The highest BCUT2D eigenvalue weighted by atomic mass is 32.1. The quantitative estimate of drug-likeness (QED) is 0.740. The van der Waals surface area contributed by atoms with Crippen LogP contribution < -0.4 is 15.4 Å². The number of hydrogen-bond acceptors (Lipinski definition) is 4. The molecule has 0 radical (unpaired) electrons. The third-order valence-electron chi connectivity index (χ3n) is 4.50. The van der Waals surface area contributed by atoms with E-state index in [2.05, 4.69) is 15.5 Å². The van der Waals surface area contributed by atoms with Crippen LogP contribution in [0.15, 0.2) is 48.5 Å². The molecule has 1 aliphatic heterocycles. The van der Waals surface area contributed by atoms with Crippen molar-refractivity contribution in [2.45, 2.75) is 6.04 Å². The van der Waals surface area contributed by atoms with Crippen molar-refractivity contribution < 1.29 is 13.9 Å². The molecule has 1 fully saturated rings. The minimum Gasteiger partial charge on any atom is -0.497 e. The third kappa shape index (κ3) is 5.63. The van der Waals surface area contributed by atoms with Crippen LogP contribution in [0, 0.1) is 5.82 Å². The fourth-order valence-corrected chi connectivity index (χ4v) is 3.33. The largest absolute Gasteiger partial charge is 0.497 e. The number of thiocarbonyl (C=S) groups is 1. The van der Waals surface area contributed by atoms with Crippen molar-refractivity contribution in [3.8, 4) is 5.75 Å². The molecule has 0 spiro atoms. The van der Waals surface area contributed by atoms with Crippen LogP contribution in [0.5, 0.6) is 5.75 Å². The summed E-state index contributed by atoms with van der Waals surface area (Å²) in [5.74, 6) is 0.525. The summed E-state index contributed by atoms with van der Waals surface area (Å²) in [4.78, 5) is 2.29. The standard InChI is InChI=1S/C20H24FN3O2S/c1-25-18-7-3-6-17(13-18)23-20(27)22-14-19(24-8-10-26-11-9-24)15-4-2-5-16(21)12-15/h2-7,12-13,19H,8-11,14H2,1H3,(H2,22,23,27). The molecule has 144 valence electrons. The van der Waals surface area contributed by atoms with E-state index in [9.17, 15) is 4.39 Å². The number of rotatable bonds is 6. The SMILES string of the molecule is COc1cccc(NC(=S)NCC(c2cccc(F)c2)N2CCOCC2)c1. The number of hydrogen-bond donors (Lipinski definition) is 2. The molecule has 1 atom stereocenters. The number of morpholine rings is 1. The predicted octanol–water partition coefficient (Wildman–Crippen LogP) is 3.19. The number of methoxy groups -OCH3 is 1. The normalized spacial score (nSPS) is 15.8. The highest BCUT2D eigenvalue weighted by Crippen LogP contribution is 2.22. The number of ether oxygens (including phenoxy) is 2. The molecule has 1 unspecified atom stereocenters. The van der Waals surface area contributed by atoms with Crippen molar-refractivity contribution in [2.75, 3.05) is 45.3 Å². The van der Waals surface area contributed by atoms with Crippen LogP contribution in [0.2, 0.25) is 0 Å². The highest BCUT2D eigenvalue weighted by molar-refractivity contribution is 7.80. The Morgan fingerprint density at radius 3 is 2.74 bits per heavy atom. The molecule has 1 heterocycles. The first kappa shape index (κ1) is 19.5. The molecule has 0 aromatic heterocycles. The number of nitrogens with zero attached hydrogens (tertiary/aromatic N) is 1. The van der Waals surface area contributed by atoms with E-state index < -0.39 is 0 Å². The Morgan fingerprint density at radius 1 is 1.22 bits per heavy atom. The lowest BCUT2D eigenvalue weighted by Crippen LogP contribution is -2.44. The Balaban J connectivity index is 1.65. The Kier molecular flexibility index (Phi) is 6.98. The van der Waals surface area contributed by atoms with Crippen LogP contribution >= 0.6 is 12.2 Å². The van der Waals surface area contributed by atoms with Gasteiger partial charge in [0.25, 0.3) is 0 Å². The van der Waals surface area contributed by atoms with Crippen LogP contribution in [-0.2, 0) is 4.74 Å². The highest BCUT2D eigenvalue weighted by Gasteiger charge is 2.23. The first-order valence-corrected chi connectivity index (χ1v) is 9.32. The van der Waals surface area contributed by atoms with Gasteiger partial charge in [0.2, 0.25) is 0 Å². The maximum absolute atomic E-state index is 13.7. The molecule has 0 bridgehead atoms. The van der Waals surface area contributed by atoms with Gasteiger partial charge in [0.1, 0.15) is 11.6 Å². The van der Waals surface area contributed by atoms with Crippen LogP contribution in [-0.4, -0.2) is 50.0 Å². The lowest BCUT2D eigenvalue weighted by molar-refractivity contribution is 0.0170. The van der Waals surface area contributed by atoms with Gasteiger partial charge in [-0.1, -0.05) is 18.2 Å². The molecule has 2 N–H and O–H groups in total. The molecule has 3 rings (SSSR count). The van der Waals surface area contributed by atoms with Crippen molar-refractivity contribution in [3.63, 3.8) is 0 Å². The number of anilines is 1. The average molecular weight is 389 g/mol. The molecule has 27 heavy (non-hydrogen) atoms. The van der Waals surface area contributed by atoms with E-state index in [-0.39, 0.29) is 11.9 Å². The monoisotopic (exact) mass is 389 g/mol. The Labute approximate surface area is 164 Å². The minimum absolute atomic E-state index is 0.00894. The Morgan fingerprint density at radius 2 is 2.00 bits per heavy atom. The lowest BCUT2D eigenvalue weighted by atomic mass is 10.0. The summed E-state index contributed by atoms with van der Waals surface area (Å²) in [5, 5.41) is 6.93. The average Bonchev–Trinajstić information content (AvgIpc) is 2.69. The molecule has 5 nitrogen and oxygen atoms in total. The molecule has 0 aliphatic carbocycles. The van der Waals surface area contributed by atoms with Gasteiger partial charge in [-0.2, -0.15) is 0 Å². The summed E-state index contributed by atoms with van der Waals surface area (Å²) < 4.78 is 24.4. The van der Waals surface area contributed by atoms with Gasteiger partial charge in [0.15, 0.2) is 5.11 Å². The fourth-order valence-electron chi connectivity index (χ4n) is 3.13. The zero-order valence-electron chi connectivity index (χ0n) is 15.3. The number of nitrogens with one attached hydrogen (secondary N) is 2. The van der Waals surface area contributed by atoms with Gasteiger partial charge in [0.05, 0.1) is 26.4 Å². The second-order valence-electron chi connectivity index (χ2n) is 6.29.